The molecule has 0 aromatic carbocycles. The first-order valence-electron chi connectivity index (χ1n) is 8.37. The van der Waals surface area contributed by atoms with Gasteiger partial charge in [0.1, 0.15) is 5.69 Å². The molecule has 0 N–H and O–H groups in total. The summed E-state index contributed by atoms with van der Waals surface area (Å²) in [6, 6.07) is 0. The van der Waals surface area contributed by atoms with Crippen molar-refractivity contribution in [2.75, 3.05) is 6.54 Å². The van der Waals surface area contributed by atoms with E-state index in [4.69, 9.17) is 5.10 Å². The van der Waals surface area contributed by atoms with Gasteiger partial charge in [-0.15, -0.1) is 0 Å². The molecule has 1 aliphatic heterocycles. The Kier molecular flexibility index (Phi) is 3.28. The molecule has 1 saturated carbocycles. The molecule has 2 aromatic rings. The molecule has 4 rings (SSSR count). The zero-order valence-electron chi connectivity index (χ0n) is 14.0. The van der Waals surface area contributed by atoms with Crippen LogP contribution in [0.3, 0.4) is 0 Å². The largest absolute Gasteiger partial charge is 0.338 e. The van der Waals surface area contributed by atoms with Gasteiger partial charge in [0.15, 0.2) is 5.82 Å². The number of aromatic nitrogens is 4. The smallest absolute Gasteiger partial charge is 0.219 e. The minimum atomic E-state index is 0.128. The van der Waals surface area contributed by atoms with Crippen LogP contribution in [-0.2, 0) is 31.4 Å². The summed E-state index contributed by atoms with van der Waals surface area (Å²) < 4.78 is 4.26. The molecule has 6 nitrogen and oxygen atoms in total. The fourth-order valence-electron chi connectivity index (χ4n) is 3.48. The van der Waals surface area contributed by atoms with E-state index < -0.39 is 0 Å². The van der Waals surface area contributed by atoms with Crippen molar-refractivity contribution in [3.05, 3.63) is 23.1 Å². The molecule has 0 bridgehead atoms. The molecule has 3 heterocycles. The number of amides is 1. The first kappa shape index (κ1) is 14.5. The third kappa shape index (κ3) is 2.46. The number of hydrogen-bond acceptors (Lipinski definition) is 3. The minimum absolute atomic E-state index is 0.128. The SMILES string of the molecule is CC(=O)N1CCc2c(c(-c3ncc(C)n3CC3CC3)nn2C)C1. The lowest BCUT2D eigenvalue weighted by molar-refractivity contribution is -0.129. The van der Waals surface area contributed by atoms with Crippen molar-refractivity contribution in [1.82, 2.24) is 24.2 Å². The number of carbonyl (C=O) groups is 1. The Labute approximate surface area is 136 Å². The van der Waals surface area contributed by atoms with Gasteiger partial charge in [0.25, 0.3) is 0 Å². The first-order chi connectivity index (χ1) is 11.0. The van der Waals surface area contributed by atoms with Crippen LogP contribution in [0, 0.1) is 12.8 Å². The summed E-state index contributed by atoms with van der Waals surface area (Å²) in [6.07, 6.45) is 5.43. The normalized spacial score (nSPS) is 17.4. The third-order valence-electron chi connectivity index (χ3n) is 5.09. The molecular weight excluding hydrogens is 290 g/mol. The molecule has 23 heavy (non-hydrogen) atoms. The van der Waals surface area contributed by atoms with E-state index in [9.17, 15) is 4.79 Å². The summed E-state index contributed by atoms with van der Waals surface area (Å²) in [6.45, 7) is 6.19. The Hall–Kier alpha value is -2.11. The van der Waals surface area contributed by atoms with Crippen LogP contribution >= 0.6 is 0 Å². The summed E-state index contributed by atoms with van der Waals surface area (Å²) in [7, 11) is 1.99. The van der Waals surface area contributed by atoms with Crippen molar-refractivity contribution >= 4 is 5.91 Å². The van der Waals surface area contributed by atoms with Crippen LogP contribution in [0.1, 0.15) is 36.7 Å². The standard InChI is InChI=1S/C17H23N5O/c1-11-8-18-17(22(11)9-13-4-5-13)16-14-10-21(12(2)23)7-6-15(14)20(3)19-16/h8,13H,4-7,9-10H2,1-3H3. The van der Waals surface area contributed by atoms with E-state index in [-0.39, 0.29) is 5.91 Å². The molecule has 2 aromatic heterocycles. The highest BCUT2D eigenvalue weighted by Gasteiger charge is 2.29. The maximum absolute atomic E-state index is 11.8. The number of nitrogens with zero attached hydrogens (tertiary/aromatic N) is 5. The van der Waals surface area contributed by atoms with Crippen LogP contribution in [0.5, 0.6) is 0 Å². The van der Waals surface area contributed by atoms with E-state index >= 15 is 0 Å². The van der Waals surface area contributed by atoms with E-state index in [1.54, 1.807) is 6.92 Å². The highest BCUT2D eigenvalue weighted by Crippen LogP contribution is 2.34. The summed E-state index contributed by atoms with van der Waals surface area (Å²) in [5.41, 5.74) is 4.53. The van der Waals surface area contributed by atoms with Gasteiger partial charge in [-0.25, -0.2) is 4.98 Å². The third-order valence-corrected chi connectivity index (χ3v) is 5.09. The second kappa shape index (κ2) is 5.22. The molecule has 0 atom stereocenters. The second-order valence-electron chi connectivity index (χ2n) is 6.87. The van der Waals surface area contributed by atoms with Gasteiger partial charge in [-0.1, -0.05) is 0 Å². The summed E-state index contributed by atoms with van der Waals surface area (Å²) >= 11 is 0. The Morgan fingerprint density at radius 2 is 2.17 bits per heavy atom. The average molecular weight is 313 g/mol. The lowest BCUT2D eigenvalue weighted by Crippen LogP contribution is -2.34. The Bertz CT molecular complexity index is 768. The van der Waals surface area contributed by atoms with Gasteiger partial charge in [0.2, 0.25) is 5.91 Å². The lowest BCUT2D eigenvalue weighted by Gasteiger charge is -2.26. The number of carbonyl (C=O) groups excluding carboxylic acids is 1. The van der Waals surface area contributed by atoms with E-state index in [1.165, 1.54) is 24.2 Å². The molecule has 0 spiro atoms. The molecule has 0 unspecified atom stereocenters. The maximum atomic E-state index is 11.8. The van der Waals surface area contributed by atoms with Gasteiger partial charge in [0, 0.05) is 63.2 Å². The molecular formula is C17H23N5O. The van der Waals surface area contributed by atoms with E-state index in [1.807, 2.05) is 22.8 Å². The van der Waals surface area contributed by atoms with Crippen molar-refractivity contribution in [1.29, 1.82) is 0 Å². The zero-order valence-corrected chi connectivity index (χ0v) is 14.0. The highest BCUT2D eigenvalue weighted by atomic mass is 16.2. The topological polar surface area (TPSA) is 56.0 Å². The van der Waals surface area contributed by atoms with Crippen LogP contribution in [0.2, 0.25) is 0 Å². The second-order valence-corrected chi connectivity index (χ2v) is 6.87. The van der Waals surface area contributed by atoms with E-state index in [0.717, 1.165) is 42.5 Å². The zero-order chi connectivity index (χ0) is 16.1. The number of rotatable bonds is 3. The predicted octanol–water partition coefficient (Wildman–Crippen LogP) is 1.91. The molecule has 1 fully saturated rings. The van der Waals surface area contributed by atoms with Gasteiger partial charge < -0.3 is 9.47 Å². The van der Waals surface area contributed by atoms with E-state index in [2.05, 4.69) is 16.5 Å². The Morgan fingerprint density at radius 3 is 2.87 bits per heavy atom. The summed E-state index contributed by atoms with van der Waals surface area (Å²) in [5, 5.41) is 4.75. The summed E-state index contributed by atoms with van der Waals surface area (Å²) in [5.74, 6) is 1.87. The predicted molar refractivity (Wildman–Crippen MR) is 86.7 cm³/mol. The number of fused-ring (bicyclic) bond motifs is 1. The first-order valence-corrected chi connectivity index (χ1v) is 8.37. The van der Waals surface area contributed by atoms with E-state index in [0.29, 0.717) is 6.54 Å². The van der Waals surface area contributed by atoms with Crippen LogP contribution in [0.15, 0.2) is 6.20 Å². The van der Waals surface area contributed by atoms with Crippen molar-refractivity contribution in [3.63, 3.8) is 0 Å². The molecule has 0 saturated heterocycles. The van der Waals surface area contributed by atoms with Crippen LogP contribution in [0.25, 0.3) is 11.5 Å². The van der Waals surface area contributed by atoms with Crippen molar-refractivity contribution in [3.8, 4) is 11.5 Å². The Balaban J connectivity index is 1.77. The van der Waals surface area contributed by atoms with Gasteiger partial charge in [-0.05, 0) is 25.7 Å². The molecule has 6 heteroatoms. The summed E-state index contributed by atoms with van der Waals surface area (Å²) in [4.78, 5) is 18.3. The van der Waals surface area contributed by atoms with Crippen molar-refractivity contribution in [2.24, 2.45) is 13.0 Å². The van der Waals surface area contributed by atoms with Crippen molar-refractivity contribution < 1.29 is 4.79 Å². The van der Waals surface area contributed by atoms with Gasteiger partial charge in [0.05, 0.1) is 0 Å². The quantitative estimate of drug-likeness (QED) is 0.870. The molecule has 2 aliphatic rings. The van der Waals surface area contributed by atoms with Crippen molar-refractivity contribution in [2.45, 2.75) is 46.2 Å². The minimum Gasteiger partial charge on any atom is -0.338 e. The van der Waals surface area contributed by atoms with Crippen LogP contribution in [0.4, 0.5) is 0 Å². The fourth-order valence-corrected chi connectivity index (χ4v) is 3.48. The van der Waals surface area contributed by atoms with Gasteiger partial charge in [-0.2, -0.15) is 5.10 Å². The number of imidazole rings is 1. The van der Waals surface area contributed by atoms with Crippen LogP contribution in [-0.4, -0.2) is 36.7 Å². The fraction of sp³-hybridized carbons (Fsp3) is 0.588. The number of aryl methyl sites for hydroxylation is 2. The van der Waals surface area contributed by atoms with Gasteiger partial charge in [-0.3, -0.25) is 9.48 Å². The molecule has 122 valence electrons. The highest BCUT2D eigenvalue weighted by molar-refractivity contribution is 5.74. The molecule has 1 amide bonds. The van der Waals surface area contributed by atoms with Crippen LogP contribution < -0.4 is 0 Å². The Morgan fingerprint density at radius 1 is 1.39 bits per heavy atom. The maximum Gasteiger partial charge on any atom is 0.219 e. The molecule has 1 aliphatic carbocycles. The monoisotopic (exact) mass is 313 g/mol. The lowest BCUT2D eigenvalue weighted by atomic mass is 10.0. The van der Waals surface area contributed by atoms with Gasteiger partial charge >= 0.3 is 0 Å². The average Bonchev–Trinajstić information content (AvgIpc) is 3.20. The number of hydrogen-bond donors (Lipinski definition) is 0. The molecule has 0 radical (unpaired) electrons.